The van der Waals surface area contributed by atoms with Gasteiger partial charge in [0.2, 0.25) is 0 Å². The summed E-state index contributed by atoms with van der Waals surface area (Å²) in [5.41, 5.74) is 0. The molecule has 0 N–H and O–H groups in total. The van der Waals surface area contributed by atoms with Gasteiger partial charge in [-0.15, -0.1) is 0 Å². The van der Waals surface area contributed by atoms with E-state index in [4.69, 9.17) is 34.4 Å². The van der Waals surface area contributed by atoms with Gasteiger partial charge in [-0.1, -0.05) is 38.5 Å². The van der Waals surface area contributed by atoms with Crippen LogP contribution in [0.15, 0.2) is 0 Å². The topological polar surface area (TPSA) is 63.2 Å². The van der Waals surface area contributed by atoms with Crippen molar-refractivity contribution >= 4 is 36.7 Å². The lowest BCUT2D eigenvalue weighted by molar-refractivity contribution is 0.113. The zero-order valence-corrected chi connectivity index (χ0v) is 19.8. The lowest BCUT2D eigenvalue weighted by atomic mass is 9.98. The van der Waals surface area contributed by atoms with Gasteiger partial charge < -0.3 is 22.6 Å². The molecule has 2 aliphatic carbocycles. The standard InChI is InChI=1S/2C8H17O3PS/c1-10-12(9,11-2)13-8-6-4-3-5-7-8;1-9-12(13,10-2)11-8-6-4-3-5-7-8/h2*8H,3-7H2,1-2H3. The second-order valence-corrected chi connectivity index (χ2v) is 14.0. The van der Waals surface area contributed by atoms with Crippen LogP contribution in [0.1, 0.15) is 64.2 Å². The van der Waals surface area contributed by atoms with E-state index in [-0.39, 0.29) is 6.10 Å². The van der Waals surface area contributed by atoms with Gasteiger partial charge in [-0.05, 0) is 48.9 Å². The molecule has 0 bridgehead atoms. The number of rotatable bonds is 8. The van der Waals surface area contributed by atoms with Gasteiger partial charge >= 0.3 is 13.5 Å². The quantitative estimate of drug-likeness (QED) is 0.401. The average Bonchev–Trinajstić information content (AvgIpc) is 2.70. The Bertz CT molecular complexity index is 410. The third kappa shape index (κ3) is 9.49. The molecule has 0 spiro atoms. The van der Waals surface area contributed by atoms with Crippen molar-refractivity contribution in [3.8, 4) is 0 Å². The third-order valence-corrected chi connectivity index (χ3v) is 11.6. The van der Waals surface area contributed by atoms with E-state index >= 15 is 0 Å². The first-order chi connectivity index (χ1) is 12.4. The second-order valence-electron chi connectivity index (χ2n) is 6.36. The molecule has 156 valence electrons. The Hall–Kier alpha value is 1.03. The fourth-order valence-electron chi connectivity index (χ4n) is 3.03. The minimum atomic E-state index is -2.83. The summed E-state index contributed by atoms with van der Waals surface area (Å²) in [6.07, 6.45) is 12.3. The molecule has 0 radical (unpaired) electrons. The highest BCUT2D eigenvalue weighted by molar-refractivity contribution is 8.55. The molecule has 0 atom stereocenters. The molecule has 0 aromatic rings. The fraction of sp³-hybridized carbons (Fsp3) is 1.00. The molecule has 0 unspecified atom stereocenters. The summed E-state index contributed by atoms with van der Waals surface area (Å²) in [6.45, 7) is -5.25. The van der Waals surface area contributed by atoms with Gasteiger partial charge in [-0.25, -0.2) is 4.57 Å². The van der Waals surface area contributed by atoms with Crippen molar-refractivity contribution in [3.05, 3.63) is 0 Å². The van der Waals surface area contributed by atoms with Crippen molar-refractivity contribution in [1.82, 2.24) is 0 Å². The van der Waals surface area contributed by atoms with Crippen molar-refractivity contribution in [2.75, 3.05) is 28.4 Å². The summed E-state index contributed by atoms with van der Waals surface area (Å²) in [4.78, 5) is 0. The SMILES string of the molecule is COP(=O)(OC)SC1CCCCC1.COP(=S)(OC)OC1CCCCC1. The zero-order valence-electron chi connectivity index (χ0n) is 16.4. The van der Waals surface area contributed by atoms with Crippen LogP contribution in [0.5, 0.6) is 0 Å². The summed E-state index contributed by atoms with van der Waals surface area (Å²) in [5.74, 6) is 0. The first-order valence-electron chi connectivity index (χ1n) is 9.20. The van der Waals surface area contributed by atoms with Gasteiger partial charge in [-0.3, -0.25) is 0 Å². The van der Waals surface area contributed by atoms with Crippen LogP contribution in [-0.2, 0) is 39.0 Å². The minimum absolute atomic E-state index is 0.250. The van der Waals surface area contributed by atoms with E-state index in [2.05, 4.69) is 0 Å². The van der Waals surface area contributed by atoms with E-state index in [1.165, 1.54) is 64.1 Å². The lowest BCUT2D eigenvalue weighted by Gasteiger charge is -2.27. The zero-order chi connectivity index (χ0) is 19.5. The Balaban J connectivity index is 0.000000260. The molecule has 26 heavy (non-hydrogen) atoms. The average molecular weight is 449 g/mol. The summed E-state index contributed by atoms with van der Waals surface area (Å²) in [7, 11) is 5.99. The molecular formula is C16H34O6P2S2. The molecule has 0 aromatic carbocycles. The molecule has 2 fully saturated rings. The summed E-state index contributed by atoms with van der Waals surface area (Å²) < 4.78 is 37.3. The molecule has 10 heteroatoms. The molecule has 0 saturated heterocycles. The van der Waals surface area contributed by atoms with Gasteiger partial charge in [0.15, 0.2) is 0 Å². The maximum absolute atomic E-state index is 11.7. The van der Waals surface area contributed by atoms with Crippen molar-refractivity contribution in [1.29, 1.82) is 0 Å². The molecule has 2 rings (SSSR count). The predicted octanol–water partition coefficient (Wildman–Crippen LogP) is 6.31. The molecule has 0 heterocycles. The van der Waals surface area contributed by atoms with E-state index in [0.717, 1.165) is 25.7 Å². The largest absolute Gasteiger partial charge is 0.388 e. The molecule has 0 aromatic heterocycles. The molecule has 2 saturated carbocycles. The summed E-state index contributed by atoms with van der Waals surface area (Å²) in [6, 6.07) is 0. The number of hydrogen-bond donors (Lipinski definition) is 0. The van der Waals surface area contributed by atoms with Crippen LogP contribution in [0.25, 0.3) is 0 Å². The van der Waals surface area contributed by atoms with E-state index in [1.807, 2.05) is 0 Å². The van der Waals surface area contributed by atoms with E-state index in [9.17, 15) is 4.57 Å². The van der Waals surface area contributed by atoms with Crippen LogP contribution >= 0.6 is 24.9 Å². The lowest BCUT2D eigenvalue weighted by Crippen LogP contribution is -2.15. The third-order valence-electron chi connectivity index (χ3n) is 4.56. The van der Waals surface area contributed by atoms with Gasteiger partial charge in [0.1, 0.15) is 0 Å². The van der Waals surface area contributed by atoms with Crippen molar-refractivity contribution in [2.24, 2.45) is 0 Å². The first-order valence-corrected chi connectivity index (χ1v) is 14.8. The van der Waals surface area contributed by atoms with Crippen molar-refractivity contribution in [2.45, 2.75) is 75.6 Å². The van der Waals surface area contributed by atoms with E-state index in [1.54, 1.807) is 14.2 Å². The molecule has 0 amide bonds. The normalized spacial score (nSPS) is 20.5. The molecular weight excluding hydrogens is 414 g/mol. The Morgan fingerprint density at radius 2 is 1.23 bits per heavy atom. The van der Waals surface area contributed by atoms with Crippen LogP contribution in [0.2, 0.25) is 0 Å². The van der Waals surface area contributed by atoms with Crippen LogP contribution in [0.3, 0.4) is 0 Å². The summed E-state index contributed by atoms with van der Waals surface area (Å²) >= 11 is 6.51. The van der Waals surface area contributed by atoms with Crippen LogP contribution in [0, 0.1) is 0 Å². The molecule has 6 nitrogen and oxygen atoms in total. The Kier molecular flexibility index (Phi) is 12.8. The Morgan fingerprint density at radius 3 is 1.65 bits per heavy atom. The smallest absolute Gasteiger partial charge is 0.312 e. The van der Waals surface area contributed by atoms with Gasteiger partial charge in [0, 0.05) is 33.7 Å². The first kappa shape index (κ1) is 25.1. The Labute approximate surface area is 167 Å². The van der Waals surface area contributed by atoms with Gasteiger partial charge in [-0.2, -0.15) is 0 Å². The van der Waals surface area contributed by atoms with Crippen LogP contribution < -0.4 is 0 Å². The highest BCUT2D eigenvalue weighted by atomic mass is 32.7. The summed E-state index contributed by atoms with van der Waals surface area (Å²) in [5, 5.41) is 0.458. The van der Waals surface area contributed by atoms with Crippen molar-refractivity contribution in [3.63, 3.8) is 0 Å². The Morgan fingerprint density at radius 1 is 0.769 bits per heavy atom. The highest BCUT2D eigenvalue weighted by Crippen LogP contribution is 2.62. The monoisotopic (exact) mass is 448 g/mol. The second kappa shape index (κ2) is 13.3. The number of hydrogen-bond acceptors (Lipinski definition) is 8. The van der Waals surface area contributed by atoms with Crippen LogP contribution in [-0.4, -0.2) is 39.8 Å². The minimum Gasteiger partial charge on any atom is -0.312 e. The van der Waals surface area contributed by atoms with E-state index in [0.29, 0.717) is 5.25 Å². The predicted molar refractivity (Wildman–Crippen MR) is 112 cm³/mol. The molecule has 2 aliphatic rings. The van der Waals surface area contributed by atoms with Gasteiger partial charge in [0.25, 0.3) is 0 Å². The highest BCUT2D eigenvalue weighted by Gasteiger charge is 2.28. The van der Waals surface area contributed by atoms with Crippen molar-refractivity contribution < 1.29 is 27.2 Å². The van der Waals surface area contributed by atoms with Gasteiger partial charge in [0.05, 0.1) is 6.10 Å². The van der Waals surface area contributed by atoms with E-state index < -0.39 is 13.5 Å². The molecule has 0 aliphatic heterocycles. The maximum Gasteiger partial charge on any atom is 0.388 e. The maximum atomic E-state index is 11.7. The van der Waals surface area contributed by atoms with Crippen LogP contribution in [0.4, 0.5) is 0 Å². The fourth-order valence-corrected chi connectivity index (χ4v) is 7.76.